The molecule has 21 nitrogen and oxygen atoms in total. The van der Waals surface area contributed by atoms with E-state index in [1.807, 2.05) is 253 Å². The average molecular weight is 2080 g/mol. The molecule has 150 heavy (non-hydrogen) atoms. The van der Waals surface area contributed by atoms with E-state index < -0.39 is 5.97 Å². The van der Waals surface area contributed by atoms with Crippen molar-refractivity contribution >= 4 is 74.0 Å². The summed E-state index contributed by atoms with van der Waals surface area (Å²) in [6.45, 7) is 22.6. The second-order valence-corrected chi connectivity index (χ2v) is 37.3. The number of ether oxygens (including phenoxy) is 6. The number of hydrogen-bond donors (Lipinski definition) is 6. The van der Waals surface area contributed by atoms with E-state index in [2.05, 4.69) is 129 Å². The van der Waals surface area contributed by atoms with E-state index in [4.69, 9.17) is 44.7 Å². The van der Waals surface area contributed by atoms with Crippen LogP contribution in [-0.4, -0.2) is 111 Å². The Hall–Kier alpha value is -15.8. The lowest BCUT2D eigenvalue weighted by atomic mass is 9.97. The van der Waals surface area contributed by atoms with Crippen LogP contribution < -0.4 is 50.1 Å². The van der Waals surface area contributed by atoms with Crippen LogP contribution in [0.1, 0.15) is 280 Å². The summed E-state index contributed by atoms with van der Waals surface area (Å²) in [5, 5.41) is 26.8. The first kappa shape index (κ1) is 115. The summed E-state index contributed by atoms with van der Waals surface area (Å²) < 4.78 is 31.2. The molecule has 0 bridgehead atoms. The molecular formula is C128H139BrN8O13. The van der Waals surface area contributed by atoms with Crippen molar-refractivity contribution < 1.29 is 62.3 Å². The summed E-state index contributed by atoms with van der Waals surface area (Å²) >= 11 is 3.11. The zero-order valence-electron chi connectivity index (χ0n) is 88.9. The number of carbonyl (C=O) groups is 6. The van der Waals surface area contributed by atoms with Gasteiger partial charge in [0.05, 0.1) is 91.3 Å². The highest BCUT2D eigenvalue weighted by atomic mass is 79.9. The van der Waals surface area contributed by atoms with E-state index in [-0.39, 0.29) is 59.0 Å². The Labute approximate surface area is 892 Å². The summed E-state index contributed by atoms with van der Waals surface area (Å²) in [4.78, 5) is 86.5. The lowest BCUT2D eigenvalue weighted by molar-refractivity contribution is 0.0695. The van der Waals surface area contributed by atoms with Crippen LogP contribution in [0.15, 0.2) is 330 Å². The van der Waals surface area contributed by atoms with Gasteiger partial charge in [-0.3, -0.25) is 38.9 Å². The largest absolute Gasteiger partial charge is 0.497 e. The van der Waals surface area contributed by atoms with Crippen LogP contribution in [0.25, 0.3) is 44.5 Å². The van der Waals surface area contributed by atoms with E-state index in [1.165, 1.54) is 33.4 Å². The number of hydrogen-bond acceptors (Lipinski definition) is 17. The van der Waals surface area contributed by atoms with Crippen molar-refractivity contribution in [2.75, 3.05) is 48.0 Å². The van der Waals surface area contributed by atoms with Crippen LogP contribution in [-0.2, 0) is 19.6 Å². The third kappa shape index (κ3) is 32.6. The Kier molecular flexibility index (Phi) is 44.4. The van der Waals surface area contributed by atoms with E-state index in [0.717, 1.165) is 207 Å². The third-order valence-electron chi connectivity index (χ3n) is 26.1. The van der Waals surface area contributed by atoms with Crippen molar-refractivity contribution in [2.45, 2.75) is 177 Å². The Morgan fingerprint density at radius 3 is 0.933 bits per heavy atom. The molecule has 3 aliphatic rings. The number of amides is 3. The maximum Gasteiger partial charge on any atom is 0.335 e. The topological polar surface area (TPSA) is 301 Å². The van der Waals surface area contributed by atoms with Crippen LogP contribution in [0.4, 0.5) is 0 Å². The van der Waals surface area contributed by atoms with Gasteiger partial charge in [0.15, 0.2) is 11.6 Å². The molecule has 776 valence electrons. The number of nitrogens with two attached hydrogens (primary N) is 1. The van der Waals surface area contributed by atoms with E-state index in [0.29, 0.717) is 45.5 Å². The zero-order valence-corrected chi connectivity index (χ0v) is 90.5. The van der Waals surface area contributed by atoms with Crippen molar-refractivity contribution in [1.29, 1.82) is 5.41 Å². The number of carboxylic acid groups (broad SMARTS) is 1. The number of carbonyl (C=O) groups excluding carboxylic acids is 5. The molecule has 0 aliphatic carbocycles. The molecule has 0 saturated carbocycles. The van der Waals surface area contributed by atoms with Gasteiger partial charge in [0.25, 0.3) is 17.7 Å². The number of Topliss-reactive ketones (excluding diaryl/α,β-unsaturated/α-hetero) is 2. The van der Waals surface area contributed by atoms with Crippen LogP contribution in [0.5, 0.6) is 34.5 Å². The summed E-state index contributed by atoms with van der Waals surface area (Å²) in [5.74, 6) is 3.83. The fourth-order valence-electron chi connectivity index (χ4n) is 17.6. The standard InChI is InChI=1S/3C27H28N2O2.C16H15NO2.C11H17NO.C11H14O2.C9H9BrO2/c3*1-4-7-26(21-9-6-11-24(15-21)31-3)29-27(30)22-10-5-8-19(14-22)20-12-13-23-17-28-18(2)25(23)16-20;1-10-6-7-13(9-15(10)11(2)17)12-4-3-5-14(8-12)16(18)19;2*1-3-5-11(12)9-6-4-7-10(8-9)13-2;1-12-8-4-2-3-7(5-8)9(11)6-10/h3*5-6,8-16,26H,4,7,17H2,1-3H3,(H,29,30);3-9,17H,1-2H3,(H,18,19);4,6-8,11H,3,5,12H2,1-2H3;4,6-8H,3,5H2,1-2H3;2-5H,6H2,1H3. The molecule has 0 fully saturated rings. The number of halogens is 1. The van der Waals surface area contributed by atoms with Gasteiger partial charge in [0, 0.05) is 79.8 Å². The predicted octanol–water partition coefficient (Wildman–Crippen LogP) is 29.1. The highest BCUT2D eigenvalue weighted by Gasteiger charge is 2.24. The first-order chi connectivity index (χ1) is 72.6. The molecule has 14 aromatic carbocycles. The van der Waals surface area contributed by atoms with Crippen LogP contribution in [0.3, 0.4) is 0 Å². The Balaban J connectivity index is 0.000000172. The second kappa shape index (κ2) is 58.1. The minimum absolute atomic E-state index is 0.0601. The number of aryl methyl sites for hydroxylation is 1. The van der Waals surface area contributed by atoms with E-state index in [1.54, 1.807) is 92.0 Å². The number of methoxy groups -OCH3 is 6. The number of rotatable bonds is 35. The molecule has 0 radical (unpaired) electrons. The Bertz CT molecular complexity index is 6680. The maximum atomic E-state index is 13.1. The summed E-state index contributed by atoms with van der Waals surface area (Å²) in [7, 11) is 9.82. The van der Waals surface area contributed by atoms with Gasteiger partial charge < -0.3 is 60.6 Å². The molecule has 14 aromatic rings. The highest BCUT2D eigenvalue weighted by Crippen LogP contribution is 2.36. The zero-order chi connectivity index (χ0) is 108. The van der Waals surface area contributed by atoms with Gasteiger partial charge in [-0.15, -0.1) is 0 Å². The minimum Gasteiger partial charge on any atom is -0.497 e. The number of carboxylic acids is 1. The Morgan fingerprint density at radius 1 is 0.333 bits per heavy atom. The molecule has 3 amide bonds. The molecule has 3 heterocycles. The first-order valence-electron chi connectivity index (χ1n) is 51.0. The number of alkyl halides is 1. The van der Waals surface area contributed by atoms with Crippen molar-refractivity contribution in [3.8, 4) is 79.0 Å². The van der Waals surface area contributed by atoms with Gasteiger partial charge in [0.1, 0.15) is 34.5 Å². The molecule has 7 N–H and O–H groups in total. The van der Waals surface area contributed by atoms with Gasteiger partial charge in [-0.1, -0.05) is 246 Å². The Morgan fingerprint density at radius 2 is 0.613 bits per heavy atom. The number of aliphatic imine (C=N–C) groups is 3. The highest BCUT2D eigenvalue weighted by molar-refractivity contribution is 9.09. The molecule has 4 atom stereocenters. The van der Waals surface area contributed by atoms with Gasteiger partial charge in [-0.25, -0.2) is 4.79 Å². The number of benzene rings is 14. The van der Waals surface area contributed by atoms with Gasteiger partial charge in [-0.2, -0.15) is 0 Å². The number of fused-ring (bicyclic) bond motifs is 3. The maximum absolute atomic E-state index is 13.1. The SMILES string of the molecule is CC(=N)c1cc(-c2cccc(C(=O)O)c2)ccc1C.CCCC(=O)c1cccc(OC)c1.CCCC(N)c1cccc(OC)c1.CCCC(NC(=O)c1cccc(-c2ccc3c(c2)C(C)=NC3)c1)c1cccc(OC)c1.CCCC(NC(=O)c1cccc(-c2ccc3c(c2)C(C)=NC3)c1)c1cccc(OC)c1.CCCC(NC(=O)c1cccc(-c2ccc3c(c2)C(C)=NC3)c1)c1cccc(OC)c1.COc1cccc(C(=O)CBr)c1. The van der Waals surface area contributed by atoms with Crippen molar-refractivity contribution in [3.63, 3.8) is 0 Å². The van der Waals surface area contributed by atoms with Crippen LogP contribution >= 0.6 is 15.9 Å². The summed E-state index contributed by atoms with van der Waals surface area (Å²) in [5.41, 5.74) is 35.2. The normalized spacial score (nSPS) is 12.2. The summed E-state index contributed by atoms with van der Waals surface area (Å²) in [6, 6.07) is 101. The second-order valence-electron chi connectivity index (χ2n) is 36.7. The summed E-state index contributed by atoms with van der Waals surface area (Å²) in [6.07, 6.45) is 9.12. The first-order valence-corrected chi connectivity index (χ1v) is 52.1. The van der Waals surface area contributed by atoms with Gasteiger partial charge in [-0.05, 0) is 307 Å². The molecule has 3 aliphatic heterocycles. The van der Waals surface area contributed by atoms with E-state index >= 15 is 0 Å². The predicted molar refractivity (Wildman–Crippen MR) is 612 cm³/mol. The van der Waals surface area contributed by atoms with Crippen LogP contribution in [0, 0.1) is 12.3 Å². The van der Waals surface area contributed by atoms with Crippen LogP contribution in [0.2, 0.25) is 0 Å². The number of nitrogens with one attached hydrogen (secondary N) is 4. The van der Waals surface area contributed by atoms with Crippen molar-refractivity contribution in [3.05, 3.63) is 416 Å². The number of nitrogens with zero attached hydrogens (tertiary/aromatic N) is 3. The molecule has 17 rings (SSSR count). The quantitative estimate of drug-likeness (QED) is 0.0122. The molecule has 4 unspecified atom stereocenters. The lowest BCUT2D eigenvalue weighted by Gasteiger charge is -2.19. The van der Waals surface area contributed by atoms with Gasteiger partial charge in [0.2, 0.25) is 0 Å². The van der Waals surface area contributed by atoms with Gasteiger partial charge >= 0.3 is 5.97 Å². The molecular weight excluding hydrogens is 1940 g/mol. The number of ketones is 2. The van der Waals surface area contributed by atoms with Crippen molar-refractivity contribution in [1.82, 2.24) is 16.0 Å². The smallest absolute Gasteiger partial charge is 0.335 e. The fourth-order valence-corrected chi connectivity index (χ4v) is 18.0. The fraction of sp³-hybridized carbons (Fsp3) is 0.266. The minimum atomic E-state index is -0.933. The number of aromatic carboxylic acids is 1. The molecule has 0 spiro atoms. The molecule has 22 heteroatoms. The molecule has 0 aromatic heterocycles. The lowest BCUT2D eigenvalue weighted by Crippen LogP contribution is -2.28. The van der Waals surface area contributed by atoms with Crippen molar-refractivity contribution in [2.24, 2.45) is 20.7 Å². The van der Waals surface area contributed by atoms with E-state index in [9.17, 15) is 28.8 Å². The average Bonchev–Trinajstić information content (AvgIpc) is 1.64. The molecule has 0 saturated heterocycles. The third-order valence-corrected chi connectivity index (χ3v) is 26.6. The monoisotopic (exact) mass is 2070 g/mol.